The molecule has 0 aliphatic heterocycles. The molecule has 1 fully saturated rings. The summed E-state index contributed by atoms with van der Waals surface area (Å²) in [5, 5.41) is 0. The van der Waals surface area contributed by atoms with Crippen molar-refractivity contribution in [3.63, 3.8) is 0 Å². The highest BCUT2D eigenvalue weighted by Gasteiger charge is 2.51. The largest absolute Gasteiger partial charge is 0.374 e. The van der Waals surface area contributed by atoms with Crippen molar-refractivity contribution in [2.75, 3.05) is 7.11 Å². The van der Waals surface area contributed by atoms with E-state index in [2.05, 4.69) is 43.3 Å². The molecule has 1 nitrogen and oxygen atoms in total. The molecule has 0 spiro atoms. The van der Waals surface area contributed by atoms with E-state index in [9.17, 15) is 0 Å². The van der Waals surface area contributed by atoms with E-state index in [0.717, 1.165) is 5.92 Å². The fourth-order valence-corrected chi connectivity index (χ4v) is 2.45. The highest BCUT2D eigenvalue weighted by Crippen LogP contribution is 2.50. The topological polar surface area (TPSA) is 9.23 Å². The van der Waals surface area contributed by atoms with E-state index in [1.807, 2.05) is 13.2 Å². The molecule has 1 aromatic carbocycles. The Bertz CT molecular complexity index is 368. The molecule has 1 aromatic rings. The third kappa shape index (κ3) is 2.98. The van der Waals surface area contributed by atoms with Crippen LogP contribution in [0.1, 0.15) is 38.2 Å². The zero-order chi connectivity index (χ0) is 12.1. The molecule has 0 aromatic heterocycles. The van der Waals surface area contributed by atoms with Gasteiger partial charge in [0.2, 0.25) is 0 Å². The summed E-state index contributed by atoms with van der Waals surface area (Å²) in [6, 6.07) is 10.4. The molecule has 1 saturated carbocycles. The predicted molar refractivity (Wildman–Crippen MR) is 72.8 cm³/mol. The summed E-state index contributed by atoms with van der Waals surface area (Å²) in [7, 11) is 1.83. The van der Waals surface area contributed by atoms with Crippen LogP contribution in [-0.4, -0.2) is 12.7 Å². The molecular weight excluding hydrogens is 208 g/mol. The van der Waals surface area contributed by atoms with Crippen molar-refractivity contribution in [1.82, 2.24) is 0 Å². The number of methoxy groups -OCH3 is 1. The lowest BCUT2D eigenvalue weighted by Crippen LogP contribution is -2.11. The first kappa shape index (κ1) is 12.4. The molecule has 0 radical (unpaired) electrons. The van der Waals surface area contributed by atoms with Gasteiger partial charge >= 0.3 is 0 Å². The summed E-state index contributed by atoms with van der Waals surface area (Å²) in [5.74, 6) is 0.729. The maximum absolute atomic E-state index is 5.69. The minimum absolute atomic E-state index is 0.0327. The normalized spacial score (nSPS) is 27.5. The molecule has 0 heterocycles. The third-order valence-corrected chi connectivity index (χ3v) is 3.74. The van der Waals surface area contributed by atoms with Crippen molar-refractivity contribution in [1.29, 1.82) is 0 Å². The average Bonchev–Trinajstić information content (AvgIpc) is 3.09. The van der Waals surface area contributed by atoms with Crippen molar-refractivity contribution < 1.29 is 4.74 Å². The molecule has 1 aliphatic rings. The van der Waals surface area contributed by atoms with Crippen molar-refractivity contribution in [3.05, 3.63) is 42.0 Å². The number of ether oxygens (including phenoxy) is 1. The highest BCUT2D eigenvalue weighted by molar-refractivity contribution is 5.51. The molecule has 2 rings (SSSR count). The van der Waals surface area contributed by atoms with Crippen molar-refractivity contribution in [3.8, 4) is 0 Å². The van der Waals surface area contributed by atoms with Gasteiger partial charge in [0.25, 0.3) is 0 Å². The van der Waals surface area contributed by atoms with Crippen molar-refractivity contribution >= 4 is 6.08 Å². The maximum atomic E-state index is 5.69. The minimum atomic E-state index is 0.0327. The lowest BCUT2D eigenvalue weighted by atomic mass is 10.1. The molecule has 0 unspecified atom stereocenters. The molecule has 1 heteroatoms. The van der Waals surface area contributed by atoms with Crippen molar-refractivity contribution in [2.24, 2.45) is 5.92 Å². The van der Waals surface area contributed by atoms with E-state index in [0.29, 0.717) is 0 Å². The fourth-order valence-electron chi connectivity index (χ4n) is 2.45. The van der Waals surface area contributed by atoms with Crippen LogP contribution in [-0.2, 0) is 4.74 Å². The van der Waals surface area contributed by atoms with Gasteiger partial charge in [-0.1, -0.05) is 62.2 Å². The second kappa shape index (κ2) is 5.50. The van der Waals surface area contributed by atoms with E-state index in [4.69, 9.17) is 4.74 Å². The quantitative estimate of drug-likeness (QED) is 0.708. The first-order chi connectivity index (χ1) is 8.30. The summed E-state index contributed by atoms with van der Waals surface area (Å²) < 4.78 is 5.69. The molecule has 0 saturated heterocycles. The molecule has 2 atom stereocenters. The highest BCUT2D eigenvalue weighted by atomic mass is 16.5. The molecule has 1 aliphatic carbocycles. The van der Waals surface area contributed by atoms with Crippen LogP contribution in [0.2, 0.25) is 0 Å². The summed E-state index contributed by atoms with van der Waals surface area (Å²) >= 11 is 0. The van der Waals surface area contributed by atoms with E-state index >= 15 is 0 Å². The van der Waals surface area contributed by atoms with Gasteiger partial charge in [-0.3, -0.25) is 0 Å². The maximum Gasteiger partial charge on any atom is 0.0894 e. The second-order valence-electron chi connectivity index (χ2n) is 4.95. The van der Waals surface area contributed by atoms with Gasteiger partial charge in [0.15, 0.2) is 0 Å². The molecule has 0 bridgehead atoms. The van der Waals surface area contributed by atoms with Gasteiger partial charge in [0, 0.05) is 7.11 Å². The summed E-state index contributed by atoms with van der Waals surface area (Å²) in [5.41, 5.74) is 1.29. The summed E-state index contributed by atoms with van der Waals surface area (Å²) in [6.07, 6.45) is 9.52. The molecular formula is C16H22O. The Morgan fingerprint density at radius 1 is 1.35 bits per heavy atom. The number of benzene rings is 1. The van der Waals surface area contributed by atoms with Gasteiger partial charge < -0.3 is 4.74 Å². The standard InChI is InChI=1S/C16H22O/c1-3-4-10-15-13-16(15,17-2)12-11-14-8-6-5-7-9-14/h5-9,11-12,15H,3-4,10,13H2,1-2H3/b12-11+/t15-,16+/m1/s1. The Hall–Kier alpha value is -1.08. The van der Waals surface area contributed by atoms with Crippen LogP contribution in [0.4, 0.5) is 0 Å². The smallest absolute Gasteiger partial charge is 0.0894 e. The number of hydrogen-bond donors (Lipinski definition) is 0. The summed E-state index contributed by atoms with van der Waals surface area (Å²) in [6.45, 7) is 2.25. The van der Waals surface area contributed by atoms with Gasteiger partial charge in [-0.25, -0.2) is 0 Å². The van der Waals surface area contributed by atoms with Crippen LogP contribution in [0.15, 0.2) is 36.4 Å². The first-order valence-corrected chi connectivity index (χ1v) is 6.60. The van der Waals surface area contributed by atoms with Crippen molar-refractivity contribution in [2.45, 2.75) is 38.2 Å². The van der Waals surface area contributed by atoms with Gasteiger partial charge in [-0.05, 0) is 24.3 Å². The van der Waals surface area contributed by atoms with Gasteiger partial charge in [0.05, 0.1) is 5.60 Å². The van der Waals surface area contributed by atoms with Crippen LogP contribution in [0, 0.1) is 5.92 Å². The fraction of sp³-hybridized carbons (Fsp3) is 0.500. The second-order valence-corrected chi connectivity index (χ2v) is 4.95. The Kier molecular flexibility index (Phi) is 4.01. The van der Waals surface area contributed by atoms with E-state index < -0.39 is 0 Å². The summed E-state index contributed by atoms with van der Waals surface area (Å²) in [4.78, 5) is 0. The van der Waals surface area contributed by atoms with E-state index in [1.165, 1.54) is 31.2 Å². The predicted octanol–water partition coefficient (Wildman–Crippen LogP) is 4.30. The monoisotopic (exact) mass is 230 g/mol. The number of rotatable bonds is 6. The van der Waals surface area contributed by atoms with Crippen LogP contribution in [0.5, 0.6) is 0 Å². The Labute approximate surface area is 104 Å². The Morgan fingerprint density at radius 2 is 2.12 bits per heavy atom. The average molecular weight is 230 g/mol. The lowest BCUT2D eigenvalue weighted by Gasteiger charge is -2.10. The number of unbranched alkanes of at least 4 members (excludes halogenated alkanes) is 1. The zero-order valence-corrected chi connectivity index (χ0v) is 10.9. The SMILES string of the molecule is CCCC[C@@H]1C[C@]1(/C=C/c1ccccc1)OC. The molecule has 0 amide bonds. The van der Waals surface area contributed by atoms with Crippen LogP contribution in [0.25, 0.3) is 6.08 Å². The molecule has 17 heavy (non-hydrogen) atoms. The van der Waals surface area contributed by atoms with E-state index in [-0.39, 0.29) is 5.60 Å². The van der Waals surface area contributed by atoms with Crippen LogP contribution in [0.3, 0.4) is 0 Å². The minimum Gasteiger partial charge on any atom is -0.374 e. The molecule has 0 N–H and O–H groups in total. The Balaban J connectivity index is 1.95. The molecule has 92 valence electrons. The third-order valence-electron chi connectivity index (χ3n) is 3.74. The number of hydrogen-bond acceptors (Lipinski definition) is 1. The van der Waals surface area contributed by atoms with Gasteiger partial charge in [0.1, 0.15) is 0 Å². The lowest BCUT2D eigenvalue weighted by molar-refractivity contribution is 0.105. The van der Waals surface area contributed by atoms with Crippen LogP contribution < -0.4 is 0 Å². The van der Waals surface area contributed by atoms with E-state index in [1.54, 1.807) is 0 Å². The van der Waals surface area contributed by atoms with Crippen LogP contribution >= 0.6 is 0 Å². The first-order valence-electron chi connectivity index (χ1n) is 6.60. The zero-order valence-electron chi connectivity index (χ0n) is 10.9. The Morgan fingerprint density at radius 3 is 2.76 bits per heavy atom. The van der Waals surface area contributed by atoms with Gasteiger partial charge in [-0.2, -0.15) is 0 Å². The van der Waals surface area contributed by atoms with Gasteiger partial charge in [-0.15, -0.1) is 0 Å².